The Morgan fingerprint density at radius 1 is 0.800 bits per heavy atom. The fraction of sp³-hybridized carbons (Fsp3) is 1.00. The smallest absolute Gasteiger partial charge is 0.0221 e. The first-order valence-electron chi connectivity index (χ1n) is 4.63. The van der Waals surface area contributed by atoms with Gasteiger partial charge in [-0.1, -0.05) is 50.9 Å². The quantitative estimate of drug-likeness (QED) is 0.441. The summed E-state index contributed by atoms with van der Waals surface area (Å²) in [5, 5.41) is 0. The first kappa shape index (κ1) is 10.4. The van der Waals surface area contributed by atoms with E-state index in [1.807, 2.05) is 0 Å². The minimum Gasteiger partial charge on any atom is -0.0657 e. The average Bonchev–Trinajstić information content (AvgIpc) is 1.79. The molecule has 0 aliphatic heterocycles. The molecule has 0 nitrogen and oxygen atoms in total. The highest BCUT2D eigenvalue weighted by Crippen LogP contribution is 2.06. The van der Waals surface area contributed by atoms with E-state index >= 15 is 0 Å². The second-order valence-corrected chi connectivity index (χ2v) is 9.91. The van der Waals surface area contributed by atoms with Gasteiger partial charge < -0.3 is 0 Å². The third-order valence-electron chi connectivity index (χ3n) is 1.81. The Kier molecular flexibility index (Phi) is 6.43. The number of hydrogen-bond acceptors (Lipinski definition) is 0. The van der Waals surface area contributed by atoms with Crippen molar-refractivity contribution in [1.82, 2.24) is 0 Å². The van der Waals surface area contributed by atoms with Crippen LogP contribution in [0.15, 0.2) is 0 Å². The zero-order valence-corrected chi connectivity index (χ0v) is 10.8. The van der Waals surface area contributed by atoms with Crippen LogP contribution < -0.4 is 0 Å². The van der Waals surface area contributed by atoms with Crippen LogP contribution in [-0.2, 0) is 0 Å². The second kappa shape index (κ2) is 6.16. The predicted molar refractivity (Wildman–Crippen MR) is 56.9 cm³/mol. The van der Waals surface area contributed by atoms with Crippen molar-refractivity contribution in [2.45, 2.75) is 50.9 Å². The van der Waals surface area contributed by atoms with Gasteiger partial charge in [-0.25, -0.2) is 0 Å². The normalized spacial score (nSPS) is 13.8. The highest BCUT2D eigenvalue weighted by molar-refractivity contribution is 6.43. The zero-order valence-electron chi connectivity index (χ0n) is 7.98. The molecule has 0 rings (SSSR count). The summed E-state index contributed by atoms with van der Waals surface area (Å²) >= 11 is 0. The molecule has 0 spiro atoms. The van der Waals surface area contributed by atoms with E-state index in [9.17, 15) is 0 Å². The fourth-order valence-corrected chi connectivity index (χ4v) is 5.05. The summed E-state index contributed by atoms with van der Waals surface area (Å²) in [5.41, 5.74) is 2.11. The Morgan fingerprint density at radius 3 is 1.30 bits per heavy atom. The molecule has 2 heteroatoms. The second-order valence-electron chi connectivity index (χ2n) is 4.07. The molecule has 0 saturated heterocycles. The lowest BCUT2D eigenvalue weighted by Gasteiger charge is -2.04. The molecule has 0 aromatic carbocycles. The van der Waals surface area contributed by atoms with Crippen LogP contribution in [0.25, 0.3) is 0 Å². The molecule has 0 N–H and O–H groups in total. The number of rotatable bonds is 5. The first-order valence-corrected chi connectivity index (χ1v) is 8.26. The summed E-state index contributed by atoms with van der Waals surface area (Å²) in [6.07, 6.45) is 0. The van der Waals surface area contributed by atoms with E-state index in [0.717, 1.165) is 11.1 Å². The van der Waals surface area contributed by atoms with E-state index in [0.29, 0.717) is 19.0 Å². The maximum Gasteiger partial charge on any atom is 0.0221 e. The largest absolute Gasteiger partial charge is 0.0657 e. The third kappa shape index (κ3) is 8.43. The van der Waals surface area contributed by atoms with Gasteiger partial charge >= 0.3 is 0 Å². The Hall–Kier alpha value is 0.434. The van der Waals surface area contributed by atoms with Crippen molar-refractivity contribution in [2.75, 3.05) is 0 Å². The summed E-state index contributed by atoms with van der Waals surface area (Å²) < 4.78 is 0. The standard InChI is InChI=1S/C8H22Si2/c1-7(2)9-5-6-10-8(3)4/h7-8H,5-6,9-10H2,1-4H3. The van der Waals surface area contributed by atoms with Gasteiger partial charge in [0.25, 0.3) is 0 Å². The molecule has 62 valence electrons. The van der Waals surface area contributed by atoms with Crippen molar-refractivity contribution in [3.8, 4) is 0 Å². The summed E-state index contributed by atoms with van der Waals surface area (Å²) in [7, 11) is 0.676. The monoisotopic (exact) mass is 174 g/mol. The molecule has 0 aromatic heterocycles. The van der Waals surface area contributed by atoms with Crippen LogP contribution in [0.4, 0.5) is 0 Å². The molecule has 0 radical (unpaired) electrons. The molecule has 0 unspecified atom stereocenters. The predicted octanol–water partition coefficient (Wildman–Crippen LogP) is 1.82. The highest BCUT2D eigenvalue weighted by atomic mass is 28.2. The van der Waals surface area contributed by atoms with Gasteiger partial charge in [-0.05, 0) is 0 Å². The molecule has 0 aromatic rings. The molecule has 10 heavy (non-hydrogen) atoms. The van der Waals surface area contributed by atoms with E-state index in [4.69, 9.17) is 0 Å². The van der Waals surface area contributed by atoms with Crippen molar-refractivity contribution in [3.05, 3.63) is 0 Å². The van der Waals surface area contributed by atoms with E-state index < -0.39 is 0 Å². The van der Waals surface area contributed by atoms with E-state index in [2.05, 4.69) is 27.7 Å². The van der Waals surface area contributed by atoms with Crippen LogP contribution in [0.5, 0.6) is 0 Å². The molecule has 0 aliphatic rings. The van der Waals surface area contributed by atoms with Gasteiger partial charge in [0.1, 0.15) is 0 Å². The van der Waals surface area contributed by atoms with Crippen molar-refractivity contribution < 1.29 is 0 Å². The van der Waals surface area contributed by atoms with Gasteiger partial charge in [0.05, 0.1) is 0 Å². The van der Waals surface area contributed by atoms with Crippen molar-refractivity contribution in [3.63, 3.8) is 0 Å². The van der Waals surface area contributed by atoms with Gasteiger partial charge in [-0.15, -0.1) is 0 Å². The minimum absolute atomic E-state index is 0.338. The summed E-state index contributed by atoms with van der Waals surface area (Å²) in [6.45, 7) is 9.51. The van der Waals surface area contributed by atoms with Gasteiger partial charge in [0, 0.05) is 19.0 Å². The highest BCUT2D eigenvalue weighted by Gasteiger charge is 1.97. The molecule has 0 fully saturated rings. The molecule has 0 atom stereocenters. The lowest BCUT2D eigenvalue weighted by Crippen LogP contribution is -1.99. The van der Waals surface area contributed by atoms with Crippen LogP contribution in [0, 0.1) is 0 Å². The Labute approximate surface area is 70.4 Å². The minimum atomic E-state index is 0.338. The van der Waals surface area contributed by atoms with Gasteiger partial charge in [0.15, 0.2) is 0 Å². The molecule has 0 aliphatic carbocycles. The summed E-state index contributed by atoms with van der Waals surface area (Å²) in [4.78, 5) is 0. The zero-order chi connectivity index (χ0) is 7.98. The van der Waals surface area contributed by atoms with Crippen molar-refractivity contribution in [2.24, 2.45) is 0 Å². The molecule has 0 amide bonds. The first-order chi connectivity index (χ1) is 4.63. The molecular formula is C8H22Si2. The Balaban J connectivity index is 2.91. The van der Waals surface area contributed by atoms with Crippen molar-refractivity contribution in [1.29, 1.82) is 0 Å². The molecule has 0 heterocycles. The third-order valence-corrected chi connectivity index (χ3v) is 6.94. The van der Waals surface area contributed by atoms with Crippen LogP contribution in [0.1, 0.15) is 27.7 Å². The van der Waals surface area contributed by atoms with Crippen molar-refractivity contribution >= 4 is 19.0 Å². The van der Waals surface area contributed by atoms with Crippen LogP contribution >= 0.6 is 0 Å². The molecule has 0 saturated carbocycles. The van der Waals surface area contributed by atoms with Crippen LogP contribution in [0.3, 0.4) is 0 Å². The Bertz CT molecular complexity index is 59.7. The topological polar surface area (TPSA) is 0 Å². The maximum atomic E-state index is 2.38. The maximum absolute atomic E-state index is 2.38. The number of hydrogen-bond donors (Lipinski definition) is 0. The average molecular weight is 174 g/mol. The molecular weight excluding hydrogens is 152 g/mol. The lowest BCUT2D eigenvalue weighted by molar-refractivity contribution is 1.03. The summed E-state index contributed by atoms with van der Waals surface area (Å²) in [6, 6.07) is 3.25. The van der Waals surface area contributed by atoms with Gasteiger partial charge in [0.2, 0.25) is 0 Å². The van der Waals surface area contributed by atoms with Gasteiger partial charge in [-0.3, -0.25) is 0 Å². The lowest BCUT2D eigenvalue weighted by atomic mass is 10.6. The van der Waals surface area contributed by atoms with Crippen LogP contribution in [0.2, 0.25) is 23.2 Å². The Morgan fingerprint density at radius 2 is 1.10 bits per heavy atom. The fourth-order valence-electron chi connectivity index (χ4n) is 1.11. The SMILES string of the molecule is CC(C)[SiH2]CC[SiH2]C(C)C. The molecule has 0 bridgehead atoms. The van der Waals surface area contributed by atoms with E-state index in [-0.39, 0.29) is 0 Å². The van der Waals surface area contributed by atoms with Gasteiger partial charge in [-0.2, -0.15) is 0 Å². The van der Waals surface area contributed by atoms with E-state index in [1.165, 1.54) is 0 Å². The van der Waals surface area contributed by atoms with E-state index in [1.54, 1.807) is 12.1 Å². The van der Waals surface area contributed by atoms with Crippen LogP contribution in [-0.4, -0.2) is 19.0 Å². The summed E-state index contributed by atoms with van der Waals surface area (Å²) in [5.74, 6) is 0.